The second-order valence-corrected chi connectivity index (χ2v) is 8.01. The van der Waals surface area contributed by atoms with Crippen molar-refractivity contribution in [3.8, 4) is 11.3 Å². The average molecular weight is 421 g/mol. The number of thiazole rings is 1. The number of amides is 1. The van der Waals surface area contributed by atoms with E-state index in [4.69, 9.17) is 23.2 Å². The van der Waals surface area contributed by atoms with Crippen LogP contribution < -0.4 is 10.5 Å². The third kappa shape index (κ3) is 3.38. The molecule has 3 aromatic rings. The molecule has 0 bridgehead atoms. The van der Waals surface area contributed by atoms with Crippen LogP contribution >= 0.6 is 34.5 Å². The largest absolute Gasteiger partial charge is 0.310 e. The Hall–Kier alpha value is -2.22. The van der Waals surface area contributed by atoms with E-state index >= 15 is 0 Å². The van der Waals surface area contributed by atoms with Crippen molar-refractivity contribution in [2.45, 2.75) is 19.9 Å². The summed E-state index contributed by atoms with van der Waals surface area (Å²) in [5, 5.41) is 6.87. The smallest absolute Gasteiger partial charge is 0.287 e. The standard InChI is InChI=1S/C18H14Cl2N4O2S/c1-10-22-14(9-27-10)11-2-3-15-12(6-11)4-5-23(15)16(25)8-24-18(26)17(20)13(19)7-21-24/h2-3,6-7,9H,4-5,8H2,1H3. The van der Waals surface area contributed by atoms with Crippen LogP contribution in [0.4, 0.5) is 5.69 Å². The number of halogens is 2. The quantitative estimate of drug-likeness (QED) is 0.649. The van der Waals surface area contributed by atoms with Gasteiger partial charge in [0.25, 0.3) is 5.56 Å². The molecule has 0 N–H and O–H groups in total. The number of carbonyl (C=O) groups excluding carboxylic acids is 1. The fourth-order valence-corrected chi connectivity index (χ4v) is 3.98. The van der Waals surface area contributed by atoms with Crippen LogP contribution in [-0.2, 0) is 17.8 Å². The van der Waals surface area contributed by atoms with Crippen molar-refractivity contribution in [3.05, 3.63) is 60.7 Å². The zero-order chi connectivity index (χ0) is 19.1. The predicted molar refractivity (Wildman–Crippen MR) is 107 cm³/mol. The molecule has 1 aromatic carbocycles. The zero-order valence-electron chi connectivity index (χ0n) is 14.3. The molecule has 0 atom stereocenters. The highest BCUT2D eigenvalue weighted by molar-refractivity contribution is 7.09. The van der Waals surface area contributed by atoms with E-state index in [1.807, 2.05) is 24.4 Å². The van der Waals surface area contributed by atoms with Gasteiger partial charge in [-0.25, -0.2) is 9.67 Å². The minimum Gasteiger partial charge on any atom is -0.310 e. The molecule has 1 aliphatic rings. The SMILES string of the molecule is Cc1nc(-c2ccc3c(c2)CCN3C(=O)Cn2ncc(Cl)c(Cl)c2=O)cs1. The molecule has 1 aliphatic heterocycles. The van der Waals surface area contributed by atoms with Crippen molar-refractivity contribution in [2.24, 2.45) is 0 Å². The summed E-state index contributed by atoms with van der Waals surface area (Å²) in [7, 11) is 0. The van der Waals surface area contributed by atoms with Gasteiger partial charge < -0.3 is 4.90 Å². The Morgan fingerprint density at radius 2 is 2.15 bits per heavy atom. The summed E-state index contributed by atoms with van der Waals surface area (Å²) >= 11 is 13.2. The van der Waals surface area contributed by atoms with Crippen molar-refractivity contribution in [1.82, 2.24) is 14.8 Å². The molecule has 0 saturated carbocycles. The lowest BCUT2D eigenvalue weighted by Crippen LogP contribution is -2.36. The van der Waals surface area contributed by atoms with E-state index in [-0.39, 0.29) is 22.5 Å². The molecular weight excluding hydrogens is 407 g/mol. The zero-order valence-corrected chi connectivity index (χ0v) is 16.6. The number of hydrogen-bond acceptors (Lipinski definition) is 5. The number of aromatic nitrogens is 3. The van der Waals surface area contributed by atoms with Gasteiger partial charge in [-0.05, 0) is 31.0 Å². The first-order valence-corrected chi connectivity index (χ1v) is 9.84. The van der Waals surface area contributed by atoms with Crippen LogP contribution in [0.1, 0.15) is 10.6 Å². The Bertz CT molecular complexity index is 1110. The monoisotopic (exact) mass is 420 g/mol. The summed E-state index contributed by atoms with van der Waals surface area (Å²) in [5.74, 6) is -0.223. The van der Waals surface area contributed by atoms with Crippen LogP contribution in [0.2, 0.25) is 10.0 Å². The molecule has 0 unspecified atom stereocenters. The predicted octanol–water partition coefficient (Wildman–Crippen LogP) is 3.57. The maximum atomic E-state index is 12.7. The maximum Gasteiger partial charge on any atom is 0.287 e. The molecule has 0 radical (unpaired) electrons. The van der Waals surface area contributed by atoms with Gasteiger partial charge >= 0.3 is 0 Å². The molecule has 2 aromatic heterocycles. The molecule has 0 saturated heterocycles. The number of rotatable bonds is 3. The van der Waals surface area contributed by atoms with Crippen molar-refractivity contribution in [3.63, 3.8) is 0 Å². The fourth-order valence-electron chi connectivity index (χ4n) is 3.09. The number of hydrogen-bond donors (Lipinski definition) is 0. The summed E-state index contributed by atoms with van der Waals surface area (Å²) in [4.78, 5) is 31.0. The topological polar surface area (TPSA) is 68.1 Å². The van der Waals surface area contributed by atoms with E-state index in [1.54, 1.807) is 16.2 Å². The number of fused-ring (bicyclic) bond motifs is 1. The van der Waals surface area contributed by atoms with Gasteiger partial charge in [0, 0.05) is 23.2 Å². The van der Waals surface area contributed by atoms with Crippen molar-refractivity contribution < 1.29 is 4.79 Å². The number of carbonyl (C=O) groups is 1. The van der Waals surface area contributed by atoms with Crippen molar-refractivity contribution >= 4 is 46.1 Å². The summed E-state index contributed by atoms with van der Waals surface area (Å²) in [6, 6.07) is 5.96. The van der Waals surface area contributed by atoms with E-state index in [2.05, 4.69) is 16.1 Å². The minimum atomic E-state index is -0.578. The highest BCUT2D eigenvalue weighted by Crippen LogP contribution is 2.32. The second kappa shape index (κ2) is 7.07. The van der Waals surface area contributed by atoms with Gasteiger partial charge in [0.2, 0.25) is 5.91 Å². The lowest BCUT2D eigenvalue weighted by molar-refractivity contribution is -0.119. The lowest BCUT2D eigenvalue weighted by Gasteiger charge is -2.18. The van der Waals surface area contributed by atoms with Crippen LogP contribution in [0.3, 0.4) is 0 Å². The van der Waals surface area contributed by atoms with Gasteiger partial charge in [0.1, 0.15) is 11.6 Å². The van der Waals surface area contributed by atoms with E-state index < -0.39 is 5.56 Å². The van der Waals surface area contributed by atoms with Crippen LogP contribution in [0, 0.1) is 6.92 Å². The Labute approximate surface area is 169 Å². The third-order valence-electron chi connectivity index (χ3n) is 4.42. The number of aryl methyl sites for hydroxylation is 1. The molecule has 0 fully saturated rings. The number of benzene rings is 1. The van der Waals surface area contributed by atoms with Gasteiger partial charge in [-0.1, -0.05) is 29.3 Å². The van der Waals surface area contributed by atoms with Crippen LogP contribution in [0.25, 0.3) is 11.3 Å². The van der Waals surface area contributed by atoms with E-state index in [0.29, 0.717) is 6.54 Å². The summed E-state index contributed by atoms with van der Waals surface area (Å²) in [5.41, 5.74) is 3.34. The van der Waals surface area contributed by atoms with Crippen LogP contribution in [0.5, 0.6) is 0 Å². The van der Waals surface area contributed by atoms with Crippen molar-refractivity contribution in [1.29, 1.82) is 0 Å². The maximum absolute atomic E-state index is 12.7. The van der Waals surface area contributed by atoms with E-state index in [9.17, 15) is 9.59 Å². The van der Waals surface area contributed by atoms with Crippen molar-refractivity contribution in [2.75, 3.05) is 11.4 Å². The highest BCUT2D eigenvalue weighted by atomic mass is 35.5. The van der Waals surface area contributed by atoms with Gasteiger partial charge in [0.05, 0.1) is 21.9 Å². The first-order chi connectivity index (χ1) is 12.9. The Morgan fingerprint density at radius 3 is 2.89 bits per heavy atom. The summed E-state index contributed by atoms with van der Waals surface area (Å²) < 4.78 is 1.03. The molecule has 3 heterocycles. The van der Waals surface area contributed by atoms with Crippen LogP contribution in [0.15, 0.2) is 34.6 Å². The lowest BCUT2D eigenvalue weighted by atomic mass is 10.1. The molecular formula is C18H14Cl2N4O2S. The molecule has 9 heteroatoms. The number of nitrogens with zero attached hydrogens (tertiary/aromatic N) is 4. The molecule has 0 aliphatic carbocycles. The minimum absolute atomic E-state index is 0.0710. The molecule has 27 heavy (non-hydrogen) atoms. The normalized spacial score (nSPS) is 13.1. The number of anilines is 1. The van der Waals surface area contributed by atoms with E-state index in [0.717, 1.165) is 38.6 Å². The van der Waals surface area contributed by atoms with E-state index in [1.165, 1.54) is 6.20 Å². The summed E-state index contributed by atoms with van der Waals surface area (Å²) in [6.07, 6.45) is 2.01. The Morgan fingerprint density at radius 1 is 1.33 bits per heavy atom. The Kier molecular flexibility index (Phi) is 4.75. The second-order valence-electron chi connectivity index (χ2n) is 6.16. The molecule has 6 nitrogen and oxygen atoms in total. The Balaban J connectivity index is 1.58. The fraction of sp³-hybridized carbons (Fsp3) is 0.222. The van der Waals surface area contributed by atoms with Gasteiger partial charge in [-0.15, -0.1) is 11.3 Å². The van der Waals surface area contributed by atoms with Gasteiger partial charge in [0.15, 0.2) is 0 Å². The average Bonchev–Trinajstić information content (AvgIpc) is 3.27. The molecule has 0 spiro atoms. The third-order valence-corrected chi connectivity index (χ3v) is 5.94. The summed E-state index contributed by atoms with van der Waals surface area (Å²) in [6.45, 7) is 2.34. The highest BCUT2D eigenvalue weighted by Gasteiger charge is 2.26. The first kappa shape index (κ1) is 18.2. The first-order valence-electron chi connectivity index (χ1n) is 8.21. The van der Waals surface area contributed by atoms with Crippen LogP contribution in [-0.4, -0.2) is 27.2 Å². The molecule has 1 amide bonds. The van der Waals surface area contributed by atoms with Gasteiger partial charge in [-0.3, -0.25) is 9.59 Å². The van der Waals surface area contributed by atoms with Gasteiger partial charge in [-0.2, -0.15) is 5.10 Å². The molecule has 138 valence electrons. The molecule has 4 rings (SSSR count).